The van der Waals surface area contributed by atoms with E-state index in [9.17, 15) is 87.2 Å². The molecule has 722 valence electrons. The molecule has 0 aromatic carbocycles. The first kappa shape index (κ1) is 107. The van der Waals surface area contributed by atoms with Crippen LogP contribution in [0.25, 0.3) is 0 Å². The van der Waals surface area contributed by atoms with E-state index in [0.717, 1.165) is 98.3 Å². The second-order valence-electron chi connectivity index (χ2n) is 34.2. The van der Waals surface area contributed by atoms with Crippen LogP contribution in [-0.4, -0.2) is 278 Å². The molecule has 4 aliphatic rings. The monoisotopic (exact) mass is 1820 g/mol. The van der Waals surface area contributed by atoms with Gasteiger partial charge in [0.15, 0.2) is 17.9 Å². The van der Waals surface area contributed by atoms with Crippen LogP contribution >= 0.6 is 0 Å². The van der Waals surface area contributed by atoms with E-state index in [2.05, 4.69) is 94.1 Å². The van der Waals surface area contributed by atoms with Gasteiger partial charge in [-0.15, -0.1) is 0 Å². The number of likely N-dealkylation sites (tertiary alicyclic amines) is 1. The number of rotatable bonds is 55. The quantitative estimate of drug-likeness (QED) is 0.0164. The number of nitrogens with two attached hydrogens (primary N) is 9. The molecule has 5 rings (SSSR count). The Labute approximate surface area is 748 Å². The second kappa shape index (κ2) is 54.9. The van der Waals surface area contributed by atoms with Crippen molar-refractivity contribution < 1.29 is 96.8 Å². The van der Waals surface area contributed by atoms with E-state index in [-0.39, 0.29) is 132 Å². The highest BCUT2D eigenvalue weighted by Crippen LogP contribution is 2.31. The summed E-state index contributed by atoms with van der Waals surface area (Å²) >= 11 is 0. The molecule has 1 aromatic rings. The number of imidazole rings is 1. The van der Waals surface area contributed by atoms with Crippen LogP contribution in [-0.2, 0) is 87.9 Å². The molecule has 1 aliphatic heterocycles. The molecule has 3 aliphatic carbocycles. The van der Waals surface area contributed by atoms with Crippen LogP contribution in [0.2, 0.25) is 0 Å². The van der Waals surface area contributed by atoms with Gasteiger partial charge in [-0.2, -0.15) is 0 Å². The Balaban J connectivity index is 1.36. The number of hydrogen-bond donors (Lipinski definition) is 26. The van der Waals surface area contributed by atoms with E-state index >= 15 is 9.59 Å². The van der Waals surface area contributed by atoms with E-state index < -0.39 is 223 Å². The summed E-state index contributed by atoms with van der Waals surface area (Å²) in [5, 5.41) is 64.8. The fourth-order valence-electron chi connectivity index (χ4n) is 16.1. The first-order valence-corrected chi connectivity index (χ1v) is 44.2. The van der Waals surface area contributed by atoms with Gasteiger partial charge in [-0.05, 0) is 116 Å². The number of aliphatic imine (C=N–C) groups is 3. The van der Waals surface area contributed by atoms with Crippen molar-refractivity contribution in [1.29, 1.82) is 0 Å². The van der Waals surface area contributed by atoms with Gasteiger partial charge in [-0.25, -0.2) is 4.98 Å². The number of primary amides is 3. The highest BCUT2D eigenvalue weighted by molar-refractivity contribution is 6.02. The van der Waals surface area contributed by atoms with Gasteiger partial charge in [0, 0.05) is 57.8 Å². The van der Waals surface area contributed by atoms with Crippen LogP contribution in [0.1, 0.15) is 220 Å². The number of aliphatic hydroxyl groups is 3. The molecular formula is C81H138N28O20. The largest absolute Gasteiger partial charge is 0.394 e. The second-order valence-corrected chi connectivity index (χ2v) is 34.2. The summed E-state index contributed by atoms with van der Waals surface area (Å²) in [6, 6.07) is -20.1. The summed E-state index contributed by atoms with van der Waals surface area (Å²) < 4.78 is 0. The summed E-state index contributed by atoms with van der Waals surface area (Å²) in [5.74, 6) is -17.6. The number of hydrogen-bond acceptors (Lipinski definition) is 24. The maximum absolute atomic E-state index is 15.2. The van der Waals surface area contributed by atoms with Gasteiger partial charge in [0.25, 0.3) is 0 Å². The lowest BCUT2D eigenvalue weighted by molar-refractivity contribution is -0.143. The van der Waals surface area contributed by atoms with E-state index in [0.29, 0.717) is 37.8 Å². The lowest BCUT2D eigenvalue weighted by Crippen LogP contribution is -2.65. The summed E-state index contributed by atoms with van der Waals surface area (Å²) in [6.45, 7) is 2.49. The number of aromatic amines is 1. The molecule has 0 spiro atoms. The maximum Gasteiger partial charge on any atom is 0.248 e. The minimum Gasteiger partial charge on any atom is -0.394 e. The predicted molar refractivity (Wildman–Crippen MR) is 469 cm³/mol. The molecule has 1 saturated heterocycles. The van der Waals surface area contributed by atoms with Crippen molar-refractivity contribution in [3.63, 3.8) is 0 Å². The number of aliphatic hydroxyl groups excluding tert-OH is 3. The molecule has 0 unspecified atom stereocenters. The molecule has 48 nitrogen and oxygen atoms in total. The molecule has 0 bridgehead atoms. The number of H-pyrrole nitrogens is 1. The van der Waals surface area contributed by atoms with E-state index in [1.54, 1.807) is 0 Å². The smallest absolute Gasteiger partial charge is 0.248 e. The average Bonchev–Trinajstić information content (AvgIpc) is 1.69. The number of carbonyl (C=O) groups excluding carboxylic acids is 17. The van der Waals surface area contributed by atoms with Gasteiger partial charge in [0.05, 0.1) is 32.1 Å². The summed E-state index contributed by atoms with van der Waals surface area (Å²) in [5.41, 5.74) is 48.5. The number of nitrogens with zero attached hydrogens (tertiary/aromatic N) is 5. The molecule has 3 saturated carbocycles. The zero-order valence-corrected chi connectivity index (χ0v) is 74.1. The van der Waals surface area contributed by atoms with Crippen LogP contribution in [0.15, 0.2) is 27.5 Å². The first-order valence-electron chi connectivity index (χ1n) is 44.2. The molecule has 2 heterocycles. The molecule has 1 aromatic heterocycles. The van der Waals surface area contributed by atoms with Crippen molar-refractivity contribution in [2.45, 2.75) is 311 Å². The fourth-order valence-corrected chi connectivity index (χ4v) is 16.1. The third kappa shape index (κ3) is 38.4. The van der Waals surface area contributed by atoms with Crippen molar-refractivity contribution in [3.05, 3.63) is 18.2 Å². The molecule has 129 heavy (non-hydrogen) atoms. The SMILES string of the molecule is CC(=O)N[C@@H](CO)C(=O)N1CCC[C@@H]1C(=O)N[C@@H](CCCN=C(N)N)C(=O)N[C@@H](Cc1cnc[nH]1)C(=O)N[C@@H](CC1CCCCC1)C(=O)N[C@@H](CC1CCCCC1)C(=O)N[C@@H](CC(N)=O)C(=O)N[C@@H](CO)C(=O)NC(C)(C)C(=O)N[C@H](C(=O)N[C@@H](CCCN=C(N)N)C(=O)N[C@@H](CCC(N)=O)C(=O)N[C@@H](CCCN=C(N)N)C(=O)N[C@@H](CC1CCCCC1)C(N)=O)[C@@H](C)O. The maximum atomic E-state index is 15.2. The van der Waals surface area contributed by atoms with E-state index in [1.165, 1.54) is 17.4 Å². The Bertz CT molecular complexity index is 4030. The summed E-state index contributed by atoms with van der Waals surface area (Å²) in [6.07, 6.45) is 11.0. The number of nitrogens with one attached hydrogen (secondary N) is 14. The Kier molecular flexibility index (Phi) is 45.7. The van der Waals surface area contributed by atoms with Crippen LogP contribution in [0.4, 0.5) is 0 Å². The van der Waals surface area contributed by atoms with Crippen molar-refractivity contribution >= 4 is 118 Å². The standard InChI is InChI=1S/C81H138N28O20/c1-43(112)63(75(127)100-51(26-16-32-94-80(89)90)65(117)98-52(28-29-61(82)114)68(120)97-49(24-14-30-92-78(85)86)66(118)101-53(64(84)116)34-45-18-8-5-9-19-45)107-77(129)81(3,4)108-73(125)58(40-110)106-72(124)57(38-62(83)115)105-70(122)55(36-47-22-12-7-13-23-47)102-69(121)54(35-46-20-10-6-11-21-46)103-71(123)56(37-48-39-91-42-95-48)104-67(119)50(25-15-31-93-79(87)88)99-74(126)60-27-17-33-109(60)76(128)59(41-111)96-44(2)113/h39,42-43,45-47,49-60,63,110-112H,5-38,40-41H2,1-4H3,(H2,82,114)(H2,83,115)(H2,84,116)(H,91,95)(H,96,113)(H,97,120)(H,98,117)(H,99,126)(H,100,127)(H,101,118)(H,102,121)(H,103,123)(H,104,119)(H,105,122)(H,106,124)(H,107,129)(H,108,125)(H4,85,86,92)(H4,87,88,93)(H4,89,90,94)/t43-,49+,50+,51+,52+,53+,54+,55+,56+,57+,58+,59+,60-,63+/m1/s1. The minimum atomic E-state index is -2.14. The van der Waals surface area contributed by atoms with Gasteiger partial charge in [-0.3, -0.25) is 96.5 Å². The normalized spacial score (nSPS) is 17.9. The zero-order chi connectivity index (χ0) is 95.6. The number of aromatic nitrogens is 2. The lowest BCUT2D eigenvalue weighted by Gasteiger charge is -2.32. The van der Waals surface area contributed by atoms with Crippen LogP contribution in [0.5, 0.6) is 0 Å². The Morgan fingerprint density at radius 1 is 0.450 bits per heavy atom. The first-order chi connectivity index (χ1) is 61.1. The lowest BCUT2D eigenvalue weighted by atomic mass is 9.83. The van der Waals surface area contributed by atoms with Crippen molar-refractivity contribution in [1.82, 2.24) is 84.0 Å². The molecule has 14 atom stereocenters. The van der Waals surface area contributed by atoms with Gasteiger partial charge < -0.3 is 146 Å². The van der Waals surface area contributed by atoms with Gasteiger partial charge in [0.2, 0.25) is 100 Å². The van der Waals surface area contributed by atoms with Crippen LogP contribution < -0.4 is 121 Å². The zero-order valence-electron chi connectivity index (χ0n) is 74.1. The summed E-state index contributed by atoms with van der Waals surface area (Å²) in [4.78, 5) is 258. The van der Waals surface area contributed by atoms with E-state index in [1.807, 2.05) is 0 Å². The van der Waals surface area contributed by atoms with Crippen molar-refractivity contribution in [2.24, 2.45) is 84.3 Å². The molecule has 35 N–H and O–H groups in total. The molecule has 0 radical (unpaired) electrons. The molecule has 17 amide bonds. The number of amides is 17. The van der Waals surface area contributed by atoms with Crippen molar-refractivity contribution in [3.8, 4) is 0 Å². The van der Waals surface area contributed by atoms with Crippen LogP contribution in [0.3, 0.4) is 0 Å². The average molecular weight is 1820 g/mol. The van der Waals surface area contributed by atoms with Gasteiger partial charge in [-0.1, -0.05) is 96.3 Å². The van der Waals surface area contributed by atoms with Gasteiger partial charge in [0.1, 0.15) is 84.1 Å². The minimum absolute atomic E-state index is 0.000982. The molecule has 4 fully saturated rings. The fraction of sp³-hybridized carbons (Fsp3) is 0.716. The molecular weight excluding hydrogens is 1690 g/mol. The molecule has 48 heteroatoms. The summed E-state index contributed by atoms with van der Waals surface area (Å²) in [7, 11) is 0. The van der Waals surface area contributed by atoms with Crippen molar-refractivity contribution in [2.75, 3.05) is 39.4 Å². The number of guanidine groups is 3. The third-order valence-electron chi connectivity index (χ3n) is 23.1. The number of carbonyl (C=O) groups is 17. The third-order valence-corrected chi connectivity index (χ3v) is 23.1. The Morgan fingerprint density at radius 2 is 0.837 bits per heavy atom. The Hall–Kier alpha value is -12.1. The predicted octanol–water partition coefficient (Wildman–Crippen LogP) is -8.26. The topological polar surface area (TPSA) is 810 Å². The highest BCUT2D eigenvalue weighted by Gasteiger charge is 2.44. The van der Waals surface area contributed by atoms with E-state index in [4.69, 9.17) is 51.6 Å². The van der Waals surface area contributed by atoms with Crippen LogP contribution in [0, 0.1) is 17.8 Å². The highest BCUT2D eigenvalue weighted by atomic mass is 16.3. The Morgan fingerprint density at radius 3 is 1.25 bits per heavy atom. The van der Waals surface area contributed by atoms with Gasteiger partial charge >= 0.3 is 0 Å².